The summed E-state index contributed by atoms with van der Waals surface area (Å²) in [6.45, 7) is 8.07. The van der Waals surface area contributed by atoms with E-state index in [1.165, 1.54) is 0 Å². The molecule has 0 aliphatic carbocycles. The number of hydrogen-bond acceptors (Lipinski definition) is 4. The molecule has 100 valence electrons. The fourth-order valence-electron chi connectivity index (χ4n) is 1.91. The molecule has 1 aliphatic heterocycles. The largest absolute Gasteiger partial charge is 0.382 e. The molecule has 0 bridgehead atoms. The van der Waals surface area contributed by atoms with Gasteiger partial charge in [0, 0.05) is 30.7 Å². The fourth-order valence-corrected chi connectivity index (χ4v) is 3.01. The number of ether oxygens (including phenoxy) is 1. The van der Waals surface area contributed by atoms with Gasteiger partial charge >= 0.3 is 0 Å². The molecule has 5 nitrogen and oxygen atoms in total. The number of nitrogens with zero attached hydrogens (tertiary/aromatic N) is 2. The third-order valence-corrected chi connectivity index (χ3v) is 4.37. The summed E-state index contributed by atoms with van der Waals surface area (Å²) in [7, 11) is 1.68. The number of aliphatic imine (C=N–C) groups is 1. The Kier molecular flexibility index (Phi) is 6.08. The Labute approximate surface area is 108 Å². The van der Waals surface area contributed by atoms with Gasteiger partial charge in [0.25, 0.3) is 0 Å². The number of rotatable bonds is 3. The van der Waals surface area contributed by atoms with Crippen LogP contribution in [0.2, 0.25) is 0 Å². The standard InChI is InChI=1S/C11H24N4OS/c1-8(7-16-4)13-11(14-12)15-5-6-17-10(3)9(15)2/h8-10H,5-7,12H2,1-4H3,(H,13,14). The molecule has 17 heavy (non-hydrogen) atoms. The van der Waals surface area contributed by atoms with Gasteiger partial charge in [0.15, 0.2) is 0 Å². The number of methoxy groups -OCH3 is 1. The van der Waals surface area contributed by atoms with Crippen LogP contribution in [0.1, 0.15) is 20.8 Å². The van der Waals surface area contributed by atoms with Gasteiger partial charge in [0.2, 0.25) is 5.96 Å². The van der Waals surface area contributed by atoms with Crippen molar-refractivity contribution in [3.63, 3.8) is 0 Å². The molecule has 6 heteroatoms. The summed E-state index contributed by atoms with van der Waals surface area (Å²) in [5.74, 6) is 7.47. The molecule has 0 aromatic heterocycles. The summed E-state index contributed by atoms with van der Waals surface area (Å²) >= 11 is 2.00. The van der Waals surface area contributed by atoms with Crippen LogP contribution in [0.3, 0.4) is 0 Å². The van der Waals surface area contributed by atoms with Crippen LogP contribution in [0.25, 0.3) is 0 Å². The first kappa shape index (κ1) is 14.6. The first-order valence-corrected chi connectivity index (χ1v) is 7.06. The minimum absolute atomic E-state index is 0.114. The molecule has 1 heterocycles. The lowest BCUT2D eigenvalue weighted by atomic mass is 10.2. The van der Waals surface area contributed by atoms with E-state index in [2.05, 4.69) is 29.2 Å². The number of guanidine groups is 1. The van der Waals surface area contributed by atoms with Gasteiger partial charge in [0.05, 0.1) is 12.6 Å². The Morgan fingerprint density at radius 3 is 2.94 bits per heavy atom. The lowest BCUT2D eigenvalue weighted by Crippen LogP contribution is -2.54. The minimum Gasteiger partial charge on any atom is -0.382 e. The van der Waals surface area contributed by atoms with Crippen LogP contribution < -0.4 is 11.3 Å². The predicted molar refractivity (Wildman–Crippen MR) is 74.2 cm³/mol. The van der Waals surface area contributed by atoms with Crippen molar-refractivity contribution in [1.82, 2.24) is 10.3 Å². The minimum atomic E-state index is 0.114. The van der Waals surface area contributed by atoms with Crippen LogP contribution >= 0.6 is 11.8 Å². The maximum Gasteiger partial charge on any atom is 0.209 e. The maximum atomic E-state index is 5.59. The summed E-state index contributed by atoms with van der Waals surface area (Å²) in [4.78, 5) is 6.81. The second-order valence-electron chi connectivity index (χ2n) is 4.41. The van der Waals surface area contributed by atoms with Crippen molar-refractivity contribution in [1.29, 1.82) is 0 Å². The van der Waals surface area contributed by atoms with E-state index in [0.717, 1.165) is 18.3 Å². The zero-order valence-electron chi connectivity index (χ0n) is 11.1. The van der Waals surface area contributed by atoms with E-state index in [1.54, 1.807) is 7.11 Å². The number of nitrogens with one attached hydrogen (secondary N) is 1. The molecular formula is C11H24N4OS. The Bertz CT molecular complexity index is 262. The van der Waals surface area contributed by atoms with Gasteiger partial charge in [-0.2, -0.15) is 11.8 Å². The normalized spacial score (nSPS) is 28.1. The number of hydrazine groups is 1. The lowest BCUT2D eigenvalue weighted by molar-refractivity contribution is 0.184. The van der Waals surface area contributed by atoms with Crippen molar-refractivity contribution in [2.24, 2.45) is 10.8 Å². The number of nitrogens with two attached hydrogens (primary N) is 1. The summed E-state index contributed by atoms with van der Waals surface area (Å²) in [6, 6.07) is 0.557. The van der Waals surface area contributed by atoms with Gasteiger partial charge in [-0.3, -0.25) is 5.43 Å². The lowest BCUT2D eigenvalue weighted by Gasteiger charge is -2.39. The van der Waals surface area contributed by atoms with Crippen molar-refractivity contribution in [3.8, 4) is 0 Å². The van der Waals surface area contributed by atoms with Crippen LogP contribution in [0.5, 0.6) is 0 Å². The Hall–Kier alpha value is -0.460. The number of thioether (sulfide) groups is 1. The van der Waals surface area contributed by atoms with Gasteiger partial charge in [-0.15, -0.1) is 0 Å². The molecule has 3 atom stereocenters. The van der Waals surface area contributed by atoms with E-state index < -0.39 is 0 Å². The highest BCUT2D eigenvalue weighted by Crippen LogP contribution is 2.24. The molecule has 0 aromatic rings. The smallest absolute Gasteiger partial charge is 0.209 e. The quantitative estimate of drug-likeness (QED) is 0.338. The Morgan fingerprint density at radius 1 is 1.65 bits per heavy atom. The van der Waals surface area contributed by atoms with Gasteiger partial charge in [-0.25, -0.2) is 10.8 Å². The molecule has 1 saturated heterocycles. The highest BCUT2D eigenvalue weighted by molar-refractivity contribution is 8.00. The van der Waals surface area contributed by atoms with Crippen molar-refractivity contribution in [3.05, 3.63) is 0 Å². The molecule has 0 radical (unpaired) electrons. The first-order chi connectivity index (χ1) is 8.10. The summed E-state index contributed by atoms with van der Waals surface area (Å²) in [5, 5.41) is 0.597. The van der Waals surface area contributed by atoms with Crippen molar-refractivity contribution < 1.29 is 4.74 Å². The molecule has 0 spiro atoms. The molecule has 1 aliphatic rings. The summed E-state index contributed by atoms with van der Waals surface area (Å²) in [6.07, 6.45) is 0. The predicted octanol–water partition coefficient (Wildman–Crippen LogP) is 0.666. The zero-order valence-corrected chi connectivity index (χ0v) is 12.0. The second-order valence-corrected chi connectivity index (χ2v) is 5.90. The van der Waals surface area contributed by atoms with Crippen LogP contribution in [0.15, 0.2) is 4.99 Å². The maximum absolute atomic E-state index is 5.59. The molecule has 1 fully saturated rings. The van der Waals surface area contributed by atoms with E-state index >= 15 is 0 Å². The van der Waals surface area contributed by atoms with Crippen molar-refractivity contribution in [2.75, 3.05) is 26.0 Å². The molecule has 0 saturated carbocycles. The van der Waals surface area contributed by atoms with Crippen LogP contribution in [0, 0.1) is 0 Å². The van der Waals surface area contributed by atoms with E-state index in [-0.39, 0.29) is 6.04 Å². The third kappa shape index (κ3) is 4.04. The van der Waals surface area contributed by atoms with Crippen LogP contribution in [-0.2, 0) is 4.74 Å². The van der Waals surface area contributed by atoms with Gasteiger partial charge in [-0.05, 0) is 13.8 Å². The van der Waals surface area contributed by atoms with E-state index in [0.29, 0.717) is 17.9 Å². The molecule has 0 aromatic carbocycles. The molecular weight excluding hydrogens is 236 g/mol. The average Bonchev–Trinajstić information content (AvgIpc) is 2.30. The van der Waals surface area contributed by atoms with Gasteiger partial charge in [0.1, 0.15) is 0 Å². The number of hydrogen-bond donors (Lipinski definition) is 2. The van der Waals surface area contributed by atoms with E-state index in [9.17, 15) is 0 Å². The first-order valence-electron chi connectivity index (χ1n) is 6.01. The molecule has 3 unspecified atom stereocenters. The van der Waals surface area contributed by atoms with Gasteiger partial charge < -0.3 is 9.64 Å². The van der Waals surface area contributed by atoms with Gasteiger partial charge in [-0.1, -0.05) is 6.92 Å². The monoisotopic (exact) mass is 260 g/mol. The van der Waals surface area contributed by atoms with Crippen LogP contribution in [-0.4, -0.2) is 54.2 Å². The summed E-state index contributed by atoms with van der Waals surface area (Å²) < 4.78 is 5.09. The van der Waals surface area contributed by atoms with Crippen LogP contribution in [0.4, 0.5) is 0 Å². The fraction of sp³-hybridized carbons (Fsp3) is 0.909. The Balaban J connectivity index is 2.71. The highest BCUT2D eigenvalue weighted by Gasteiger charge is 2.27. The average molecular weight is 260 g/mol. The second kappa shape index (κ2) is 7.08. The zero-order chi connectivity index (χ0) is 12.8. The molecule has 0 amide bonds. The third-order valence-electron chi connectivity index (χ3n) is 3.04. The van der Waals surface area contributed by atoms with Crippen molar-refractivity contribution in [2.45, 2.75) is 38.1 Å². The van der Waals surface area contributed by atoms with E-state index in [4.69, 9.17) is 10.6 Å². The molecule has 1 rings (SSSR count). The Morgan fingerprint density at radius 2 is 2.35 bits per heavy atom. The van der Waals surface area contributed by atoms with E-state index in [1.807, 2.05) is 18.7 Å². The molecule has 3 N–H and O–H groups in total. The highest BCUT2D eigenvalue weighted by atomic mass is 32.2. The summed E-state index contributed by atoms with van der Waals surface area (Å²) in [5.41, 5.74) is 2.72. The topological polar surface area (TPSA) is 62.9 Å². The SMILES string of the molecule is COCC(C)N=C(NN)N1CCSC(C)C1C. The van der Waals surface area contributed by atoms with Crippen molar-refractivity contribution >= 4 is 17.7 Å².